The quantitative estimate of drug-likeness (QED) is 0.821. The van der Waals surface area contributed by atoms with E-state index in [9.17, 15) is 14.7 Å². The summed E-state index contributed by atoms with van der Waals surface area (Å²) in [4.78, 5) is 24.3. The van der Waals surface area contributed by atoms with Crippen molar-refractivity contribution in [3.8, 4) is 0 Å². The highest BCUT2D eigenvalue weighted by Gasteiger charge is 2.51. The van der Waals surface area contributed by atoms with E-state index in [2.05, 4.69) is 10.4 Å². The van der Waals surface area contributed by atoms with Crippen LogP contribution in [0, 0.1) is 23.7 Å². The monoisotopic (exact) mass is 337 g/mol. The van der Waals surface area contributed by atoms with E-state index in [0.717, 1.165) is 12.0 Å². The predicted octanol–water partition coefficient (Wildman–Crippen LogP) is 2.39. The van der Waals surface area contributed by atoms with Crippen molar-refractivity contribution in [1.82, 2.24) is 9.78 Å². The van der Waals surface area contributed by atoms with Crippen LogP contribution in [0.5, 0.6) is 0 Å². The zero-order valence-corrected chi connectivity index (χ0v) is 13.6. The Kier molecular flexibility index (Phi) is 3.87. The minimum atomic E-state index is -0.885. The highest BCUT2D eigenvalue weighted by molar-refractivity contribution is 5.96. The number of amides is 1. The molecular formula is C19H19N3O3. The number of aliphatic carboxylic acids is 1. The standard InChI is InChI=1S/C19H19N3O3/c23-18(16-13-5-6-14(10-13)17(16)19(24)25)21-15-4-1-3-12(9-15)11-22-8-2-7-20-22/h1-9,13-14,16-17H,10-11H2,(H,21,23)(H,24,25). The maximum atomic E-state index is 12.7. The van der Waals surface area contributed by atoms with Gasteiger partial charge >= 0.3 is 5.97 Å². The van der Waals surface area contributed by atoms with Gasteiger partial charge in [-0.2, -0.15) is 5.10 Å². The molecule has 4 rings (SSSR count). The first-order chi connectivity index (χ1) is 12.1. The molecule has 0 saturated heterocycles. The van der Waals surface area contributed by atoms with E-state index in [4.69, 9.17) is 0 Å². The van der Waals surface area contributed by atoms with Gasteiger partial charge in [-0.25, -0.2) is 0 Å². The number of benzene rings is 1. The Bertz CT molecular complexity index is 828. The molecule has 2 aliphatic rings. The zero-order chi connectivity index (χ0) is 17.4. The first-order valence-corrected chi connectivity index (χ1v) is 8.40. The lowest BCUT2D eigenvalue weighted by Crippen LogP contribution is -2.36. The second-order valence-corrected chi connectivity index (χ2v) is 6.73. The van der Waals surface area contributed by atoms with Crippen LogP contribution in [0.2, 0.25) is 0 Å². The molecule has 1 amide bonds. The number of carboxylic acid groups (broad SMARTS) is 1. The number of hydrogen-bond donors (Lipinski definition) is 2. The van der Waals surface area contributed by atoms with Gasteiger partial charge < -0.3 is 10.4 Å². The average molecular weight is 337 g/mol. The number of nitrogens with zero attached hydrogens (tertiary/aromatic N) is 2. The summed E-state index contributed by atoms with van der Waals surface area (Å²) in [6, 6.07) is 9.43. The molecule has 2 N–H and O–H groups in total. The molecular weight excluding hydrogens is 318 g/mol. The van der Waals surface area contributed by atoms with Crippen LogP contribution in [0.1, 0.15) is 12.0 Å². The minimum absolute atomic E-state index is 0.0237. The second-order valence-electron chi connectivity index (χ2n) is 6.73. The van der Waals surface area contributed by atoms with Crippen LogP contribution in [0.25, 0.3) is 0 Å². The molecule has 1 heterocycles. The molecule has 25 heavy (non-hydrogen) atoms. The SMILES string of the molecule is O=C(O)C1C2C=CC(C2)C1C(=O)Nc1cccc(Cn2cccn2)c1. The number of aromatic nitrogens is 2. The van der Waals surface area contributed by atoms with Crippen LogP contribution in [0.4, 0.5) is 5.69 Å². The molecule has 4 unspecified atom stereocenters. The lowest BCUT2D eigenvalue weighted by atomic mass is 9.82. The van der Waals surface area contributed by atoms with Gasteiger partial charge in [-0.05, 0) is 42.0 Å². The van der Waals surface area contributed by atoms with E-state index in [1.165, 1.54) is 0 Å². The third-order valence-electron chi connectivity index (χ3n) is 5.15. The Morgan fingerprint density at radius 1 is 1.20 bits per heavy atom. The molecule has 1 fully saturated rings. The van der Waals surface area contributed by atoms with Gasteiger partial charge in [0.2, 0.25) is 5.91 Å². The van der Waals surface area contributed by atoms with Crippen molar-refractivity contribution in [2.45, 2.75) is 13.0 Å². The van der Waals surface area contributed by atoms with E-state index in [1.54, 1.807) is 6.20 Å². The summed E-state index contributed by atoms with van der Waals surface area (Å²) in [6.45, 7) is 0.616. The van der Waals surface area contributed by atoms with E-state index >= 15 is 0 Å². The first kappa shape index (κ1) is 15.6. The number of anilines is 1. The lowest BCUT2D eigenvalue weighted by Gasteiger charge is -2.24. The van der Waals surface area contributed by atoms with Gasteiger partial charge in [-0.1, -0.05) is 24.3 Å². The van der Waals surface area contributed by atoms with Crippen molar-refractivity contribution < 1.29 is 14.7 Å². The van der Waals surface area contributed by atoms with Crippen molar-refractivity contribution >= 4 is 17.6 Å². The molecule has 2 aromatic rings. The fourth-order valence-electron chi connectivity index (χ4n) is 4.07. The Morgan fingerprint density at radius 3 is 2.72 bits per heavy atom. The van der Waals surface area contributed by atoms with Gasteiger partial charge in [0.1, 0.15) is 0 Å². The van der Waals surface area contributed by atoms with Crippen molar-refractivity contribution in [2.24, 2.45) is 23.7 Å². The topological polar surface area (TPSA) is 84.2 Å². The molecule has 0 radical (unpaired) electrons. The zero-order valence-electron chi connectivity index (χ0n) is 13.6. The Balaban J connectivity index is 1.49. The number of hydrogen-bond acceptors (Lipinski definition) is 3. The summed E-state index contributed by atoms with van der Waals surface area (Å²) >= 11 is 0. The molecule has 6 nitrogen and oxygen atoms in total. The third-order valence-corrected chi connectivity index (χ3v) is 5.15. The largest absolute Gasteiger partial charge is 0.481 e. The van der Waals surface area contributed by atoms with Gasteiger partial charge in [0.25, 0.3) is 0 Å². The molecule has 0 aliphatic heterocycles. The van der Waals surface area contributed by atoms with Crippen LogP contribution in [0.3, 0.4) is 0 Å². The lowest BCUT2D eigenvalue weighted by molar-refractivity contribution is -0.146. The normalized spacial score (nSPS) is 26.7. The van der Waals surface area contributed by atoms with Crippen molar-refractivity contribution in [3.05, 3.63) is 60.4 Å². The van der Waals surface area contributed by atoms with Crippen LogP contribution in [-0.4, -0.2) is 26.8 Å². The molecule has 1 saturated carbocycles. The van der Waals surface area contributed by atoms with Crippen LogP contribution >= 0.6 is 0 Å². The number of carbonyl (C=O) groups excluding carboxylic acids is 1. The fraction of sp³-hybridized carbons (Fsp3) is 0.316. The van der Waals surface area contributed by atoms with Crippen molar-refractivity contribution in [1.29, 1.82) is 0 Å². The highest BCUT2D eigenvalue weighted by atomic mass is 16.4. The summed E-state index contributed by atoms with van der Waals surface area (Å²) in [5, 5.41) is 16.6. The maximum absolute atomic E-state index is 12.7. The van der Waals surface area contributed by atoms with Gasteiger partial charge in [0.05, 0.1) is 18.4 Å². The molecule has 6 heteroatoms. The second kappa shape index (κ2) is 6.20. The van der Waals surface area contributed by atoms with E-state index in [0.29, 0.717) is 12.2 Å². The fourth-order valence-corrected chi connectivity index (χ4v) is 4.07. The molecule has 1 aromatic heterocycles. The van der Waals surface area contributed by atoms with E-state index < -0.39 is 17.8 Å². The number of allylic oxidation sites excluding steroid dienone is 2. The van der Waals surface area contributed by atoms with Crippen LogP contribution < -0.4 is 5.32 Å². The number of rotatable bonds is 5. The van der Waals surface area contributed by atoms with Crippen molar-refractivity contribution in [2.75, 3.05) is 5.32 Å². The van der Waals surface area contributed by atoms with Gasteiger partial charge in [-0.3, -0.25) is 14.3 Å². The Morgan fingerprint density at radius 2 is 2.00 bits per heavy atom. The molecule has 2 bridgehead atoms. The minimum Gasteiger partial charge on any atom is -0.481 e. The molecule has 0 spiro atoms. The molecule has 1 aromatic carbocycles. The third kappa shape index (κ3) is 2.95. The smallest absolute Gasteiger partial charge is 0.307 e. The van der Waals surface area contributed by atoms with Gasteiger partial charge in [0.15, 0.2) is 0 Å². The number of fused-ring (bicyclic) bond motifs is 2. The number of nitrogens with one attached hydrogen (secondary N) is 1. The maximum Gasteiger partial charge on any atom is 0.307 e. The summed E-state index contributed by atoms with van der Waals surface area (Å²) in [7, 11) is 0. The molecule has 2 aliphatic carbocycles. The number of carbonyl (C=O) groups is 2. The summed E-state index contributed by atoms with van der Waals surface area (Å²) in [5.41, 5.74) is 1.70. The summed E-state index contributed by atoms with van der Waals surface area (Å²) < 4.78 is 1.81. The van der Waals surface area contributed by atoms with Crippen LogP contribution in [-0.2, 0) is 16.1 Å². The Labute approximate surface area is 145 Å². The summed E-state index contributed by atoms with van der Waals surface area (Å²) in [6.07, 6.45) is 8.29. The predicted molar refractivity (Wildman–Crippen MR) is 91.8 cm³/mol. The first-order valence-electron chi connectivity index (χ1n) is 8.40. The molecule has 128 valence electrons. The molecule has 4 atom stereocenters. The van der Waals surface area contributed by atoms with Crippen LogP contribution in [0.15, 0.2) is 54.9 Å². The number of carboxylic acids is 1. The summed E-state index contributed by atoms with van der Waals surface area (Å²) in [5.74, 6) is -2.21. The Hall–Kier alpha value is -2.89. The van der Waals surface area contributed by atoms with Gasteiger partial charge in [-0.15, -0.1) is 0 Å². The average Bonchev–Trinajstić information content (AvgIpc) is 3.31. The van der Waals surface area contributed by atoms with Crippen molar-refractivity contribution in [3.63, 3.8) is 0 Å². The van der Waals surface area contributed by atoms with Gasteiger partial charge in [0, 0.05) is 18.1 Å². The van der Waals surface area contributed by atoms with E-state index in [1.807, 2.05) is 53.4 Å². The van der Waals surface area contributed by atoms with E-state index in [-0.39, 0.29) is 17.7 Å². The highest BCUT2D eigenvalue weighted by Crippen LogP contribution is 2.48.